The molecule has 120 valence electrons. The van der Waals surface area contributed by atoms with Gasteiger partial charge in [0.15, 0.2) is 5.11 Å². The molecular weight excluding hydrogens is 312 g/mol. The second kappa shape index (κ2) is 8.14. The fourth-order valence-electron chi connectivity index (χ4n) is 1.97. The number of rotatable bonds is 5. The summed E-state index contributed by atoms with van der Waals surface area (Å²) < 4.78 is 10.6. The molecule has 0 spiro atoms. The maximum atomic E-state index is 12.3. The van der Waals surface area contributed by atoms with Crippen molar-refractivity contribution >= 4 is 28.9 Å². The Balaban J connectivity index is 2.03. The van der Waals surface area contributed by atoms with Gasteiger partial charge in [-0.15, -0.1) is 0 Å². The summed E-state index contributed by atoms with van der Waals surface area (Å²) in [5.74, 6) is 0.900. The highest BCUT2D eigenvalue weighted by molar-refractivity contribution is 7.80. The van der Waals surface area contributed by atoms with Gasteiger partial charge in [-0.2, -0.15) is 0 Å². The van der Waals surface area contributed by atoms with Crippen molar-refractivity contribution in [1.82, 2.24) is 5.32 Å². The Morgan fingerprint density at radius 2 is 1.96 bits per heavy atom. The van der Waals surface area contributed by atoms with Gasteiger partial charge in [0.25, 0.3) is 5.91 Å². The highest BCUT2D eigenvalue weighted by Crippen LogP contribution is 2.18. The van der Waals surface area contributed by atoms with E-state index in [0.29, 0.717) is 23.7 Å². The molecule has 0 fully saturated rings. The number of carbonyl (C=O) groups excluding carboxylic acids is 1. The Kier molecular flexibility index (Phi) is 5.94. The maximum absolute atomic E-state index is 12.3. The molecule has 0 atom stereocenters. The largest absolute Gasteiger partial charge is 0.497 e. The summed E-state index contributed by atoms with van der Waals surface area (Å²) in [6.45, 7) is 2.35. The van der Waals surface area contributed by atoms with Crippen molar-refractivity contribution in [3.63, 3.8) is 0 Å². The topological polar surface area (TPSA) is 59.6 Å². The van der Waals surface area contributed by atoms with Gasteiger partial charge in [0.05, 0.1) is 19.3 Å². The molecule has 0 saturated carbocycles. The first-order valence-corrected chi connectivity index (χ1v) is 7.53. The van der Waals surface area contributed by atoms with Gasteiger partial charge >= 0.3 is 0 Å². The van der Waals surface area contributed by atoms with E-state index in [2.05, 4.69) is 10.6 Å². The number of benzene rings is 2. The van der Waals surface area contributed by atoms with Crippen LogP contribution < -0.4 is 20.1 Å². The van der Waals surface area contributed by atoms with E-state index in [1.54, 1.807) is 31.4 Å². The molecule has 0 heterocycles. The molecule has 2 rings (SSSR count). The minimum atomic E-state index is -0.325. The SMILES string of the molecule is CCOc1ccccc1C(=O)NC(=S)Nc1cccc(OC)c1. The number of nitrogens with one attached hydrogen (secondary N) is 2. The maximum Gasteiger partial charge on any atom is 0.261 e. The van der Waals surface area contributed by atoms with Crippen LogP contribution in [0.1, 0.15) is 17.3 Å². The normalized spacial score (nSPS) is 9.83. The first kappa shape index (κ1) is 16.8. The summed E-state index contributed by atoms with van der Waals surface area (Å²) in [7, 11) is 1.59. The number of para-hydroxylation sites is 1. The molecular formula is C17H18N2O3S. The van der Waals surface area contributed by atoms with Crippen LogP contribution in [0.3, 0.4) is 0 Å². The number of anilines is 1. The van der Waals surface area contributed by atoms with Gasteiger partial charge in [-0.25, -0.2) is 0 Å². The van der Waals surface area contributed by atoms with Gasteiger partial charge in [-0.1, -0.05) is 18.2 Å². The third-order valence-electron chi connectivity index (χ3n) is 2.99. The molecule has 2 aromatic rings. The van der Waals surface area contributed by atoms with Crippen LogP contribution in [0, 0.1) is 0 Å². The van der Waals surface area contributed by atoms with Crippen LogP contribution in [-0.2, 0) is 0 Å². The zero-order valence-corrected chi connectivity index (χ0v) is 13.8. The van der Waals surface area contributed by atoms with Crippen LogP contribution in [0.25, 0.3) is 0 Å². The molecule has 0 aliphatic rings. The molecule has 0 aliphatic heterocycles. The monoisotopic (exact) mass is 330 g/mol. The zero-order chi connectivity index (χ0) is 16.7. The van der Waals surface area contributed by atoms with E-state index < -0.39 is 0 Å². The van der Waals surface area contributed by atoms with Crippen LogP contribution >= 0.6 is 12.2 Å². The van der Waals surface area contributed by atoms with E-state index in [-0.39, 0.29) is 11.0 Å². The zero-order valence-electron chi connectivity index (χ0n) is 13.0. The van der Waals surface area contributed by atoms with Crippen molar-refractivity contribution in [3.05, 3.63) is 54.1 Å². The Morgan fingerprint density at radius 3 is 2.70 bits per heavy atom. The minimum Gasteiger partial charge on any atom is -0.497 e. The van der Waals surface area contributed by atoms with Crippen molar-refractivity contribution < 1.29 is 14.3 Å². The van der Waals surface area contributed by atoms with Gasteiger partial charge in [-0.3, -0.25) is 10.1 Å². The van der Waals surface area contributed by atoms with E-state index in [4.69, 9.17) is 21.7 Å². The second-order valence-corrected chi connectivity index (χ2v) is 4.98. The molecule has 1 amide bonds. The van der Waals surface area contributed by atoms with Crippen molar-refractivity contribution in [2.45, 2.75) is 6.92 Å². The molecule has 23 heavy (non-hydrogen) atoms. The fraction of sp³-hybridized carbons (Fsp3) is 0.176. The Bertz CT molecular complexity index is 704. The number of amides is 1. The smallest absolute Gasteiger partial charge is 0.261 e. The Morgan fingerprint density at radius 1 is 1.17 bits per heavy atom. The third-order valence-corrected chi connectivity index (χ3v) is 3.19. The third kappa shape index (κ3) is 4.69. The molecule has 0 saturated heterocycles. The van der Waals surface area contributed by atoms with Crippen LogP contribution in [-0.4, -0.2) is 24.7 Å². The average molecular weight is 330 g/mol. The Hall–Kier alpha value is -2.60. The molecule has 6 heteroatoms. The quantitative estimate of drug-likeness (QED) is 0.824. The lowest BCUT2D eigenvalue weighted by Gasteiger charge is -2.12. The lowest BCUT2D eigenvalue weighted by molar-refractivity contribution is 0.0974. The van der Waals surface area contributed by atoms with Crippen LogP contribution in [0.15, 0.2) is 48.5 Å². The molecule has 5 nitrogen and oxygen atoms in total. The predicted octanol–water partition coefficient (Wildman–Crippen LogP) is 3.22. The first-order chi connectivity index (χ1) is 11.1. The molecule has 2 N–H and O–H groups in total. The lowest BCUT2D eigenvalue weighted by atomic mass is 10.2. The summed E-state index contributed by atoms with van der Waals surface area (Å²) in [4.78, 5) is 12.3. The van der Waals surface area contributed by atoms with Crippen LogP contribution in [0.2, 0.25) is 0 Å². The van der Waals surface area contributed by atoms with Crippen molar-refractivity contribution in [3.8, 4) is 11.5 Å². The minimum absolute atomic E-state index is 0.203. The van der Waals surface area contributed by atoms with Crippen molar-refractivity contribution in [2.75, 3.05) is 19.0 Å². The van der Waals surface area contributed by atoms with Gasteiger partial charge in [-0.05, 0) is 43.4 Å². The van der Waals surface area contributed by atoms with E-state index >= 15 is 0 Å². The summed E-state index contributed by atoms with van der Waals surface area (Å²) in [5.41, 5.74) is 1.16. The highest BCUT2D eigenvalue weighted by atomic mass is 32.1. The number of ether oxygens (including phenoxy) is 2. The highest BCUT2D eigenvalue weighted by Gasteiger charge is 2.13. The average Bonchev–Trinajstić information content (AvgIpc) is 2.55. The van der Waals surface area contributed by atoms with E-state index in [0.717, 1.165) is 5.69 Å². The molecule has 2 aromatic carbocycles. The fourth-order valence-corrected chi connectivity index (χ4v) is 2.18. The number of hydrogen-bond donors (Lipinski definition) is 2. The molecule has 0 radical (unpaired) electrons. The first-order valence-electron chi connectivity index (χ1n) is 7.12. The van der Waals surface area contributed by atoms with Crippen LogP contribution in [0.5, 0.6) is 11.5 Å². The molecule has 0 bridgehead atoms. The van der Waals surface area contributed by atoms with Gasteiger partial charge in [0.2, 0.25) is 0 Å². The summed E-state index contributed by atoms with van der Waals surface area (Å²) in [6, 6.07) is 14.3. The number of hydrogen-bond acceptors (Lipinski definition) is 4. The van der Waals surface area contributed by atoms with Crippen molar-refractivity contribution in [2.24, 2.45) is 0 Å². The van der Waals surface area contributed by atoms with E-state index in [9.17, 15) is 4.79 Å². The van der Waals surface area contributed by atoms with Gasteiger partial charge in [0.1, 0.15) is 11.5 Å². The van der Waals surface area contributed by atoms with Gasteiger partial charge in [0, 0.05) is 11.8 Å². The van der Waals surface area contributed by atoms with E-state index in [1.165, 1.54) is 0 Å². The van der Waals surface area contributed by atoms with E-state index in [1.807, 2.05) is 31.2 Å². The molecule has 0 aromatic heterocycles. The number of methoxy groups -OCH3 is 1. The second-order valence-electron chi connectivity index (χ2n) is 4.57. The van der Waals surface area contributed by atoms with Crippen LogP contribution in [0.4, 0.5) is 5.69 Å². The molecule has 0 aliphatic carbocycles. The number of thiocarbonyl (C=S) groups is 1. The molecule has 0 unspecified atom stereocenters. The summed E-state index contributed by atoms with van der Waals surface area (Å²) >= 11 is 5.17. The Labute approximate surface area is 140 Å². The predicted molar refractivity (Wildman–Crippen MR) is 94.3 cm³/mol. The van der Waals surface area contributed by atoms with Gasteiger partial charge < -0.3 is 14.8 Å². The van der Waals surface area contributed by atoms with Crippen molar-refractivity contribution in [1.29, 1.82) is 0 Å². The lowest BCUT2D eigenvalue weighted by Crippen LogP contribution is -2.34. The summed E-state index contributed by atoms with van der Waals surface area (Å²) in [6.07, 6.45) is 0. The number of carbonyl (C=O) groups is 1. The summed E-state index contributed by atoms with van der Waals surface area (Å²) in [5, 5.41) is 5.79. The standard InChI is InChI=1S/C17H18N2O3S/c1-3-22-15-10-5-4-9-14(15)16(20)19-17(23)18-12-7-6-8-13(11-12)21-2/h4-11H,3H2,1-2H3,(H2,18,19,20,23).